The number of ether oxygens (including phenoxy) is 1. The summed E-state index contributed by atoms with van der Waals surface area (Å²) in [7, 11) is 0. The van der Waals surface area contributed by atoms with Crippen molar-refractivity contribution in [2.24, 2.45) is 0 Å². The Morgan fingerprint density at radius 2 is 2.21 bits per heavy atom. The van der Waals surface area contributed by atoms with Crippen LogP contribution in [0.5, 0.6) is 0 Å². The number of nitrogens with one attached hydrogen (secondary N) is 1. The summed E-state index contributed by atoms with van der Waals surface area (Å²) in [4.78, 5) is 11.7. The molecule has 0 saturated heterocycles. The van der Waals surface area contributed by atoms with Crippen molar-refractivity contribution in [3.05, 3.63) is 34.1 Å². The minimum atomic E-state index is -0.386. The van der Waals surface area contributed by atoms with E-state index in [1.165, 1.54) is 6.07 Å². The molecule has 0 spiro atoms. The van der Waals surface area contributed by atoms with Crippen LogP contribution in [0.25, 0.3) is 0 Å². The van der Waals surface area contributed by atoms with Gasteiger partial charge in [-0.3, -0.25) is 4.79 Å². The molecule has 1 atom stereocenters. The zero-order valence-electron chi connectivity index (χ0n) is 11.2. The molecule has 1 aromatic carbocycles. The highest BCUT2D eigenvalue weighted by atomic mass is 79.9. The number of carbonyl (C=O) groups excluding carboxylic acids is 1. The Bertz CT molecular complexity index is 426. The molecule has 0 fully saturated rings. The van der Waals surface area contributed by atoms with Crippen LogP contribution in [0.4, 0.5) is 4.39 Å². The predicted octanol–water partition coefficient (Wildman–Crippen LogP) is 3.41. The van der Waals surface area contributed by atoms with Crippen molar-refractivity contribution >= 4 is 21.9 Å². The highest BCUT2D eigenvalue weighted by Crippen LogP contribution is 2.15. The highest BCUT2D eigenvalue weighted by Gasteiger charge is 2.18. The van der Waals surface area contributed by atoms with Gasteiger partial charge in [-0.15, -0.1) is 0 Å². The fourth-order valence-electron chi connectivity index (χ4n) is 1.75. The lowest BCUT2D eigenvalue weighted by Crippen LogP contribution is -2.37. The number of benzene rings is 1. The molecule has 3 nitrogen and oxygen atoms in total. The molecular weight excluding hydrogens is 313 g/mol. The number of hydrogen-bond acceptors (Lipinski definition) is 3. The molecule has 0 heterocycles. The third-order valence-electron chi connectivity index (χ3n) is 2.70. The Morgan fingerprint density at radius 3 is 2.84 bits per heavy atom. The van der Waals surface area contributed by atoms with E-state index in [1.54, 1.807) is 19.1 Å². The van der Waals surface area contributed by atoms with Gasteiger partial charge >= 0.3 is 5.97 Å². The van der Waals surface area contributed by atoms with Crippen molar-refractivity contribution in [3.8, 4) is 0 Å². The maximum atomic E-state index is 13.6. The van der Waals surface area contributed by atoms with Gasteiger partial charge in [0, 0.05) is 16.6 Å². The molecule has 0 aromatic heterocycles. The first-order valence-electron chi connectivity index (χ1n) is 6.42. The molecule has 0 aliphatic heterocycles. The van der Waals surface area contributed by atoms with Crippen LogP contribution in [0.3, 0.4) is 0 Å². The van der Waals surface area contributed by atoms with E-state index in [1.807, 2.05) is 6.92 Å². The quantitative estimate of drug-likeness (QED) is 0.778. The largest absolute Gasteiger partial charge is 0.465 e. The fraction of sp³-hybridized carbons (Fsp3) is 0.500. The molecule has 5 heteroatoms. The van der Waals surface area contributed by atoms with E-state index in [0.717, 1.165) is 10.9 Å². The van der Waals surface area contributed by atoms with E-state index in [9.17, 15) is 9.18 Å². The van der Waals surface area contributed by atoms with Gasteiger partial charge < -0.3 is 10.1 Å². The van der Waals surface area contributed by atoms with E-state index >= 15 is 0 Å². The lowest BCUT2D eigenvalue weighted by molar-refractivity contribution is -0.145. The Kier molecular flexibility index (Phi) is 7.02. The molecule has 0 aliphatic carbocycles. The number of halogens is 2. The molecule has 1 aromatic rings. The molecule has 1 unspecified atom stereocenters. The van der Waals surface area contributed by atoms with Crippen molar-refractivity contribution in [1.29, 1.82) is 0 Å². The van der Waals surface area contributed by atoms with E-state index in [2.05, 4.69) is 21.2 Å². The van der Waals surface area contributed by atoms with Gasteiger partial charge in [-0.1, -0.05) is 29.3 Å². The third kappa shape index (κ3) is 5.28. The lowest BCUT2D eigenvalue weighted by Gasteiger charge is -2.16. The van der Waals surface area contributed by atoms with Crippen molar-refractivity contribution in [1.82, 2.24) is 5.32 Å². The monoisotopic (exact) mass is 331 g/mol. The van der Waals surface area contributed by atoms with Crippen LogP contribution < -0.4 is 5.32 Å². The van der Waals surface area contributed by atoms with Crippen molar-refractivity contribution in [2.45, 2.75) is 39.3 Å². The van der Waals surface area contributed by atoms with Gasteiger partial charge in [-0.05, 0) is 31.5 Å². The molecule has 0 radical (unpaired) electrons. The van der Waals surface area contributed by atoms with Crippen LogP contribution >= 0.6 is 15.9 Å². The first-order valence-corrected chi connectivity index (χ1v) is 7.21. The smallest absolute Gasteiger partial charge is 0.323 e. The zero-order chi connectivity index (χ0) is 14.3. The first-order chi connectivity index (χ1) is 9.08. The van der Waals surface area contributed by atoms with Gasteiger partial charge in [0.2, 0.25) is 0 Å². The second kappa shape index (κ2) is 8.27. The molecule has 0 saturated carbocycles. The molecule has 1 N–H and O–H groups in total. The molecule has 106 valence electrons. The minimum Gasteiger partial charge on any atom is -0.465 e. The summed E-state index contributed by atoms with van der Waals surface area (Å²) in [6.45, 7) is 4.42. The fourth-order valence-corrected chi connectivity index (χ4v) is 2.16. The van der Waals surface area contributed by atoms with E-state index in [-0.39, 0.29) is 17.8 Å². The summed E-state index contributed by atoms with van der Waals surface area (Å²) in [5.74, 6) is -0.561. The van der Waals surface area contributed by atoms with E-state index in [4.69, 9.17) is 4.74 Å². The van der Waals surface area contributed by atoms with Gasteiger partial charge in [0.05, 0.1) is 6.61 Å². The molecule has 1 rings (SSSR count). The molecule has 0 bridgehead atoms. The number of carbonyl (C=O) groups is 1. The van der Waals surface area contributed by atoms with Gasteiger partial charge in [-0.2, -0.15) is 0 Å². The molecule has 0 amide bonds. The van der Waals surface area contributed by atoms with Crippen LogP contribution in [0.15, 0.2) is 22.7 Å². The summed E-state index contributed by atoms with van der Waals surface area (Å²) in [5.41, 5.74) is 0.528. The Morgan fingerprint density at radius 1 is 1.47 bits per heavy atom. The van der Waals surface area contributed by atoms with Crippen molar-refractivity contribution in [2.75, 3.05) is 6.61 Å². The predicted molar refractivity (Wildman–Crippen MR) is 76.3 cm³/mol. The summed E-state index contributed by atoms with van der Waals surface area (Å²) < 4.78 is 19.4. The average molecular weight is 332 g/mol. The second-order valence-electron chi connectivity index (χ2n) is 4.21. The first kappa shape index (κ1) is 16.1. The Balaban J connectivity index is 2.65. The molecule has 19 heavy (non-hydrogen) atoms. The van der Waals surface area contributed by atoms with Crippen LogP contribution in [0, 0.1) is 5.82 Å². The van der Waals surface area contributed by atoms with E-state index < -0.39 is 0 Å². The maximum Gasteiger partial charge on any atom is 0.323 e. The third-order valence-corrected chi connectivity index (χ3v) is 3.19. The lowest BCUT2D eigenvalue weighted by atomic mass is 10.1. The van der Waals surface area contributed by atoms with Crippen molar-refractivity contribution < 1.29 is 13.9 Å². The van der Waals surface area contributed by atoms with E-state index in [0.29, 0.717) is 25.1 Å². The average Bonchev–Trinajstić information content (AvgIpc) is 2.38. The number of rotatable bonds is 7. The standard InChI is InChI=1S/C14H19BrFNO2/c1-3-5-13(14(18)19-4-2)17-9-10-8-11(15)6-7-12(10)16/h6-8,13,17H,3-5,9H2,1-2H3. The second-order valence-corrected chi connectivity index (χ2v) is 5.13. The molecular formula is C14H19BrFNO2. The van der Waals surface area contributed by atoms with Crippen molar-refractivity contribution in [3.63, 3.8) is 0 Å². The minimum absolute atomic E-state index is 0.278. The Labute approximate surface area is 121 Å². The van der Waals surface area contributed by atoms with Crippen LogP contribution in [0.2, 0.25) is 0 Å². The van der Waals surface area contributed by atoms with Gasteiger partial charge in [0.15, 0.2) is 0 Å². The van der Waals surface area contributed by atoms with Crippen LogP contribution in [0.1, 0.15) is 32.3 Å². The summed E-state index contributed by atoms with van der Waals surface area (Å²) in [5, 5.41) is 3.05. The van der Waals surface area contributed by atoms with Crippen LogP contribution in [-0.2, 0) is 16.1 Å². The SMILES string of the molecule is CCCC(NCc1cc(Br)ccc1F)C(=O)OCC. The van der Waals surface area contributed by atoms with Gasteiger partial charge in [0.1, 0.15) is 11.9 Å². The number of esters is 1. The maximum absolute atomic E-state index is 13.6. The Hall–Kier alpha value is -0.940. The highest BCUT2D eigenvalue weighted by molar-refractivity contribution is 9.10. The summed E-state index contributed by atoms with van der Waals surface area (Å²) in [6, 6.07) is 4.37. The zero-order valence-corrected chi connectivity index (χ0v) is 12.8. The van der Waals surface area contributed by atoms with Gasteiger partial charge in [0.25, 0.3) is 0 Å². The number of hydrogen-bond donors (Lipinski definition) is 1. The summed E-state index contributed by atoms with van der Waals surface area (Å²) in [6.07, 6.45) is 1.53. The molecule has 0 aliphatic rings. The normalized spacial score (nSPS) is 12.2. The van der Waals surface area contributed by atoms with Crippen LogP contribution in [-0.4, -0.2) is 18.6 Å². The topological polar surface area (TPSA) is 38.3 Å². The van der Waals surface area contributed by atoms with Gasteiger partial charge in [-0.25, -0.2) is 4.39 Å². The summed E-state index contributed by atoms with van der Waals surface area (Å²) >= 11 is 3.30.